The second-order valence-electron chi connectivity index (χ2n) is 4.58. The molecule has 3 rings (SSSR count). The number of fused-ring (bicyclic) bond motifs is 1. The van der Waals surface area contributed by atoms with E-state index in [2.05, 4.69) is 41.4 Å². The minimum atomic E-state index is 0.759. The molecule has 0 unspecified atom stereocenters. The van der Waals surface area contributed by atoms with Crippen molar-refractivity contribution < 1.29 is 4.74 Å². The molecule has 96 valence electrons. The number of benzene rings is 1. The molecule has 0 radical (unpaired) electrons. The van der Waals surface area contributed by atoms with E-state index < -0.39 is 0 Å². The number of ether oxygens (including phenoxy) is 1. The maximum absolute atomic E-state index is 5.24. The zero-order valence-electron chi connectivity index (χ0n) is 11.0. The summed E-state index contributed by atoms with van der Waals surface area (Å²) in [7, 11) is 1.66. The average Bonchev–Trinajstić information content (AvgIpc) is 2.84. The van der Waals surface area contributed by atoms with Gasteiger partial charge in [-0.1, -0.05) is 29.8 Å². The lowest BCUT2D eigenvalue weighted by Gasteiger charge is -2.03. The summed E-state index contributed by atoms with van der Waals surface area (Å²) < 4.78 is 7.21. The molecule has 0 N–H and O–H groups in total. The van der Waals surface area contributed by atoms with E-state index in [9.17, 15) is 0 Å². The summed E-state index contributed by atoms with van der Waals surface area (Å²) >= 11 is 0. The van der Waals surface area contributed by atoms with Gasteiger partial charge >= 0.3 is 0 Å². The Bertz CT molecular complexity index is 701. The van der Waals surface area contributed by atoms with Gasteiger partial charge < -0.3 is 4.74 Å². The molecule has 0 amide bonds. The second-order valence-corrected chi connectivity index (χ2v) is 4.58. The first-order valence-corrected chi connectivity index (χ1v) is 6.19. The molecule has 0 spiro atoms. The molecule has 0 aliphatic rings. The average molecular weight is 253 g/mol. The Kier molecular flexibility index (Phi) is 2.91. The first-order chi connectivity index (χ1) is 9.26. The lowest BCUT2D eigenvalue weighted by atomic mass is 10.1. The van der Waals surface area contributed by atoms with Crippen LogP contribution in [0, 0.1) is 6.92 Å². The third-order valence-corrected chi connectivity index (χ3v) is 3.16. The molecular weight excluding hydrogens is 238 g/mol. The van der Waals surface area contributed by atoms with Crippen molar-refractivity contribution in [3.8, 4) is 5.75 Å². The Hall–Kier alpha value is -2.36. The van der Waals surface area contributed by atoms with Crippen molar-refractivity contribution in [3.63, 3.8) is 0 Å². The minimum Gasteiger partial charge on any atom is -0.495 e. The molecule has 0 saturated heterocycles. The fraction of sp³-hybridized carbons (Fsp3) is 0.200. The molecule has 0 fully saturated rings. The van der Waals surface area contributed by atoms with E-state index in [4.69, 9.17) is 4.74 Å². The summed E-state index contributed by atoms with van der Waals surface area (Å²) in [5.41, 5.74) is 3.32. The molecule has 19 heavy (non-hydrogen) atoms. The zero-order chi connectivity index (χ0) is 13.2. The van der Waals surface area contributed by atoms with Gasteiger partial charge in [0.1, 0.15) is 11.6 Å². The third kappa shape index (κ3) is 2.29. The Morgan fingerprint density at radius 2 is 1.84 bits per heavy atom. The summed E-state index contributed by atoms with van der Waals surface area (Å²) in [6, 6.07) is 12.3. The van der Waals surface area contributed by atoms with E-state index in [1.54, 1.807) is 7.11 Å². The van der Waals surface area contributed by atoms with Gasteiger partial charge in [0.2, 0.25) is 0 Å². The van der Waals surface area contributed by atoms with E-state index in [1.165, 1.54) is 11.1 Å². The Balaban J connectivity index is 1.98. The molecule has 0 atom stereocenters. The van der Waals surface area contributed by atoms with Crippen LogP contribution in [0.1, 0.15) is 17.0 Å². The lowest BCUT2D eigenvalue weighted by molar-refractivity contribution is 0.412. The van der Waals surface area contributed by atoms with Gasteiger partial charge in [-0.2, -0.15) is 0 Å². The van der Waals surface area contributed by atoms with Crippen LogP contribution in [0.25, 0.3) is 5.65 Å². The quantitative estimate of drug-likeness (QED) is 0.720. The topological polar surface area (TPSA) is 39.4 Å². The number of rotatable bonds is 3. The summed E-state index contributed by atoms with van der Waals surface area (Å²) in [4.78, 5) is 0. The predicted molar refractivity (Wildman–Crippen MR) is 73.5 cm³/mol. The third-order valence-electron chi connectivity index (χ3n) is 3.16. The second kappa shape index (κ2) is 4.72. The highest BCUT2D eigenvalue weighted by molar-refractivity contribution is 5.42. The number of methoxy groups -OCH3 is 1. The normalized spacial score (nSPS) is 10.8. The van der Waals surface area contributed by atoms with Crippen LogP contribution < -0.4 is 4.74 Å². The van der Waals surface area contributed by atoms with Gasteiger partial charge in [0.15, 0.2) is 5.65 Å². The highest BCUT2D eigenvalue weighted by atomic mass is 16.5. The molecule has 0 saturated carbocycles. The van der Waals surface area contributed by atoms with Gasteiger partial charge in [-0.15, -0.1) is 10.2 Å². The van der Waals surface area contributed by atoms with Crippen LogP contribution in [-0.4, -0.2) is 21.7 Å². The molecular formula is C15H15N3O. The van der Waals surface area contributed by atoms with Crippen molar-refractivity contribution in [1.29, 1.82) is 0 Å². The summed E-state index contributed by atoms with van der Waals surface area (Å²) in [5.74, 6) is 1.72. The Labute approximate surface area is 111 Å². The summed E-state index contributed by atoms with van der Waals surface area (Å²) in [6.07, 6.45) is 2.67. The summed E-state index contributed by atoms with van der Waals surface area (Å²) in [6.45, 7) is 2.08. The molecule has 2 aromatic heterocycles. The fourth-order valence-corrected chi connectivity index (χ4v) is 2.05. The van der Waals surface area contributed by atoms with Crippen molar-refractivity contribution in [3.05, 3.63) is 59.5 Å². The van der Waals surface area contributed by atoms with Crippen molar-refractivity contribution in [1.82, 2.24) is 14.6 Å². The van der Waals surface area contributed by atoms with E-state index in [0.717, 1.165) is 23.6 Å². The van der Waals surface area contributed by atoms with Crippen LogP contribution in [-0.2, 0) is 6.42 Å². The molecule has 4 heteroatoms. The van der Waals surface area contributed by atoms with E-state index >= 15 is 0 Å². The van der Waals surface area contributed by atoms with E-state index in [1.807, 2.05) is 22.7 Å². The number of hydrogen-bond donors (Lipinski definition) is 0. The Morgan fingerprint density at radius 1 is 1.05 bits per heavy atom. The number of hydrogen-bond acceptors (Lipinski definition) is 3. The van der Waals surface area contributed by atoms with Crippen molar-refractivity contribution in [2.75, 3.05) is 7.11 Å². The van der Waals surface area contributed by atoms with Crippen LogP contribution >= 0.6 is 0 Å². The molecule has 4 nitrogen and oxygen atoms in total. The number of nitrogens with zero attached hydrogens (tertiary/aromatic N) is 3. The van der Waals surface area contributed by atoms with Crippen LogP contribution in [0.15, 0.2) is 42.6 Å². The maximum Gasteiger partial charge on any atom is 0.161 e. The standard InChI is InChI=1S/C15H15N3O/c1-11-3-5-12(6-4-11)9-15-17-16-14-8-7-13(19-2)10-18(14)15/h3-8,10H,9H2,1-2H3. The molecule has 0 aliphatic heterocycles. The van der Waals surface area contributed by atoms with Gasteiger partial charge in [0.25, 0.3) is 0 Å². The van der Waals surface area contributed by atoms with Gasteiger partial charge in [-0.25, -0.2) is 0 Å². The van der Waals surface area contributed by atoms with E-state index in [0.29, 0.717) is 0 Å². The molecule has 2 heterocycles. The first-order valence-electron chi connectivity index (χ1n) is 6.19. The summed E-state index contributed by atoms with van der Waals surface area (Å²) in [5, 5.41) is 8.41. The largest absolute Gasteiger partial charge is 0.495 e. The molecule has 3 aromatic rings. The monoisotopic (exact) mass is 253 g/mol. The van der Waals surface area contributed by atoms with Crippen LogP contribution in [0.5, 0.6) is 5.75 Å². The minimum absolute atomic E-state index is 0.759. The zero-order valence-corrected chi connectivity index (χ0v) is 11.0. The Morgan fingerprint density at radius 3 is 2.58 bits per heavy atom. The first kappa shape index (κ1) is 11.7. The van der Waals surface area contributed by atoms with Gasteiger partial charge in [0, 0.05) is 6.42 Å². The van der Waals surface area contributed by atoms with Crippen molar-refractivity contribution in [2.24, 2.45) is 0 Å². The van der Waals surface area contributed by atoms with E-state index in [-0.39, 0.29) is 0 Å². The van der Waals surface area contributed by atoms with Crippen molar-refractivity contribution >= 4 is 5.65 Å². The van der Waals surface area contributed by atoms with Crippen LogP contribution in [0.4, 0.5) is 0 Å². The predicted octanol–water partition coefficient (Wildman–Crippen LogP) is 2.64. The van der Waals surface area contributed by atoms with Crippen molar-refractivity contribution in [2.45, 2.75) is 13.3 Å². The number of aromatic nitrogens is 3. The lowest BCUT2D eigenvalue weighted by Crippen LogP contribution is -1.97. The SMILES string of the molecule is COc1ccc2nnc(Cc3ccc(C)cc3)n2c1. The fourth-order valence-electron chi connectivity index (χ4n) is 2.05. The number of pyridine rings is 1. The molecule has 0 bridgehead atoms. The smallest absolute Gasteiger partial charge is 0.161 e. The van der Waals surface area contributed by atoms with Crippen LogP contribution in [0.2, 0.25) is 0 Å². The number of aryl methyl sites for hydroxylation is 1. The highest BCUT2D eigenvalue weighted by Crippen LogP contribution is 2.15. The van der Waals surface area contributed by atoms with Crippen LogP contribution in [0.3, 0.4) is 0 Å². The van der Waals surface area contributed by atoms with Gasteiger partial charge in [-0.05, 0) is 24.6 Å². The highest BCUT2D eigenvalue weighted by Gasteiger charge is 2.07. The maximum atomic E-state index is 5.24. The molecule has 0 aliphatic carbocycles. The van der Waals surface area contributed by atoms with Gasteiger partial charge in [-0.3, -0.25) is 4.40 Å². The molecule has 1 aromatic carbocycles. The van der Waals surface area contributed by atoms with Gasteiger partial charge in [0.05, 0.1) is 13.3 Å².